The van der Waals surface area contributed by atoms with Gasteiger partial charge in [0, 0.05) is 5.82 Å². The first-order valence-corrected chi connectivity index (χ1v) is 7.39. The second-order valence-electron chi connectivity index (χ2n) is 5.66. The van der Waals surface area contributed by atoms with Crippen molar-refractivity contribution in [3.05, 3.63) is 60.2 Å². The molecule has 0 saturated heterocycles. The summed E-state index contributed by atoms with van der Waals surface area (Å²) in [6.07, 6.45) is 3.66. The van der Waals surface area contributed by atoms with Crippen molar-refractivity contribution in [3.63, 3.8) is 0 Å². The topological polar surface area (TPSA) is 18.5 Å². The van der Waals surface area contributed by atoms with Gasteiger partial charge in [-0.2, -0.15) is 0 Å². The van der Waals surface area contributed by atoms with E-state index in [9.17, 15) is 0 Å². The lowest BCUT2D eigenvalue weighted by Gasteiger charge is -2.20. The summed E-state index contributed by atoms with van der Waals surface area (Å²) in [5.74, 6) is 2.77. The minimum atomic E-state index is -0.125. The summed E-state index contributed by atoms with van der Waals surface area (Å²) in [6.45, 7) is 0. The van der Waals surface area contributed by atoms with Crippen LogP contribution in [0.2, 0.25) is 5.82 Å². The smallest absolute Gasteiger partial charge is 0.523 e. The summed E-state index contributed by atoms with van der Waals surface area (Å²) in [7, 11) is -0.125. The molecule has 2 atom stereocenters. The molecule has 0 N–H and O–H groups in total. The van der Waals surface area contributed by atoms with Crippen LogP contribution in [0.5, 0.6) is 11.5 Å². The van der Waals surface area contributed by atoms with Gasteiger partial charge in [-0.05, 0) is 36.5 Å². The van der Waals surface area contributed by atoms with Gasteiger partial charge in [0.25, 0.3) is 0 Å². The summed E-state index contributed by atoms with van der Waals surface area (Å²) in [5, 5.41) is 0. The number of hydrogen-bond donors (Lipinski definition) is 0. The van der Waals surface area contributed by atoms with Crippen LogP contribution in [0.25, 0.3) is 0 Å². The van der Waals surface area contributed by atoms with Crippen LogP contribution in [-0.4, -0.2) is 7.12 Å². The Balaban J connectivity index is 1.57. The molecule has 4 rings (SSSR count). The predicted octanol–water partition coefficient (Wildman–Crippen LogP) is 4.28. The van der Waals surface area contributed by atoms with Gasteiger partial charge in [0.1, 0.15) is 11.5 Å². The van der Waals surface area contributed by atoms with E-state index < -0.39 is 0 Å². The van der Waals surface area contributed by atoms with Gasteiger partial charge in [-0.1, -0.05) is 48.9 Å². The third kappa shape index (κ3) is 1.98. The summed E-state index contributed by atoms with van der Waals surface area (Å²) in [4.78, 5) is 0. The zero-order valence-electron chi connectivity index (χ0n) is 11.4. The van der Waals surface area contributed by atoms with Crippen LogP contribution >= 0.6 is 0 Å². The van der Waals surface area contributed by atoms with Gasteiger partial charge in [-0.3, -0.25) is 0 Å². The Kier molecular flexibility index (Phi) is 2.91. The number of rotatable bonds is 2. The molecule has 0 spiro atoms. The molecule has 1 aliphatic heterocycles. The van der Waals surface area contributed by atoms with Gasteiger partial charge in [0.15, 0.2) is 0 Å². The zero-order chi connectivity index (χ0) is 13.4. The molecule has 2 nitrogen and oxygen atoms in total. The maximum Gasteiger partial charge on any atom is 0.598 e. The Morgan fingerprint density at radius 3 is 2.15 bits per heavy atom. The SMILES string of the molecule is c1ccc([C@@H]2CCC[C@H]2B2Oc3ccccc3O2)cc1. The molecular formula is C17H17BO2. The minimum Gasteiger partial charge on any atom is -0.523 e. The van der Waals surface area contributed by atoms with Crippen LogP contribution < -0.4 is 9.31 Å². The maximum atomic E-state index is 6.02. The molecule has 100 valence electrons. The number of benzene rings is 2. The fraction of sp³-hybridized carbons (Fsp3) is 0.294. The van der Waals surface area contributed by atoms with Crippen molar-refractivity contribution in [1.29, 1.82) is 0 Å². The Bertz CT molecular complexity index is 574. The maximum absolute atomic E-state index is 6.02. The van der Waals surface area contributed by atoms with E-state index in [0.29, 0.717) is 11.7 Å². The third-order valence-electron chi connectivity index (χ3n) is 4.48. The van der Waals surface area contributed by atoms with Crippen molar-refractivity contribution in [3.8, 4) is 11.5 Å². The van der Waals surface area contributed by atoms with Crippen LogP contribution in [0, 0.1) is 0 Å². The van der Waals surface area contributed by atoms with Crippen LogP contribution in [-0.2, 0) is 0 Å². The highest BCUT2D eigenvalue weighted by molar-refractivity contribution is 6.49. The molecule has 1 heterocycles. The molecule has 1 saturated carbocycles. The molecular weight excluding hydrogens is 247 g/mol. The second kappa shape index (κ2) is 4.90. The lowest BCUT2D eigenvalue weighted by atomic mass is 9.65. The Labute approximate surface area is 119 Å². The molecule has 1 aliphatic carbocycles. The van der Waals surface area contributed by atoms with E-state index in [1.54, 1.807) is 0 Å². The van der Waals surface area contributed by atoms with Gasteiger partial charge < -0.3 is 9.31 Å². The van der Waals surface area contributed by atoms with Crippen molar-refractivity contribution in [2.75, 3.05) is 0 Å². The number of fused-ring (bicyclic) bond motifs is 1. The van der Waals surface area contributed by atoms with Crippen molar-refractivity contribution in [2.45, 2.75) is 31.0 Å². The third-order valence-corrected chi connectivity index (χ3v) is 4.48. The van der Waals surface area contributed by atoms with Crippen LogP contribution in [0.15, 0.2) is 54.6 Å². The number of para-hydroxylation sites is 2. The average molecular weight is 264 g/mol. The molecule has 0 aromatic heterocycles. The largest absolute Gasteiger partial charge is 0.598 e. The van der Waals surface area contributed by atoms with E-state index in [-0.39, 0.29) is 7.12 Å². The zero-order valence-corrected chi connectivity index (χ0v) is 11.4. The van der Waals surface area contributed by atoms with Crippen molar-refractivity contribution in [2.24, 2.45) is 0 Å². The quantitative estimate of drug-likeness (QED) is 0.753. The van der Waals surface area contributed by atoms with Crippen molar-refractivity contribution in [1.82, 2.24) is 0 Å². The first kappa shape index (κ1) is 11.9. The van der Waals surface area contributed by atoms with E-state index in [4.69, 9.17) is 9.31 Å². The van der Waals surface area contributed by atoms with Crippen molar-refractivity contribution >= 4 is 7.12 Å². The Morgan fingerprint density at radius 2 is 1.45 bits per heavy atom. The molecule has 3 heteroatoms. The van der Waals surface area contributed by atoms with Crippen LogP contribution in [0.3, 0.4) is 0 Å². The second-order valence-corrected chi connectivity index (χ2v) is 5.66. The van der Waals surface area contributed by atoms with E-state index in [2.05, 4.69) is 30.3 Å². The monoisotopic (exact) mass is 264 g/mol. The number of hydrogen-bond acceptors (Lipinski definition) is 2. The first-order chi connectivity index (χ1) is 9.92. The van der Waals surface area contributed by atoms with Gasteiger partial charge in [-0.25, -0.2) is 0 Å². The normalized spacial score (nSPS) is 24.1. The fourth-order valence-electron chi connectivity index (χ4n) is 3.52. The first-order valence-electron chi connectivity index (χ1n) is 7.39. The molecule has 0 unspecified atom stereocenters. The summed E-state index contributed by atoms with van der Waals surface area (Å²) >= 11 is 0. The minimum absolute atomic E-state index is 0.125. The van der Waals surface area contributed by atoms with E-state index >= 15 is 0 Å². The average Bonchev–Trinajstić information content (AvgIpc) is 3.14. The van der Waals surface area contributed by atoms with E-state index in [0.717, 1.165) is 11.5 Å². The van der Waals surface area contributed by atoms with Crippen LogP contribution in [0.1, 0.15) is 30.7 Å². The van der Waals surface area contributed by atoms with Gasteiger partial charge in [-0.15, -0.1) is 0 Å². The highest BCUT2D eigenvalue weighted by atomic mass is 16.6. The molecule has 0 bridgehead atoms. The molecule has 2 aromatic rings. The lowest BCUT2D eigenvalue weighted by molar-refractivity contribution is 0.458. The van der Waals surface area contributed by atoms with Gasteiger partial charge >= 0.3 is 7.12 Å². The van der Waals surface area contributed by atoms with Crippen molar-refractivity contribution < 1.29 is 9.31 Å². The fourth-order valence-corrected chi connectivity index (χ4v) is 3.52. The highest BCUT2D eigenvalue weighted by Gasteiger charge is 2.46. The molecule has 20 heavy (non-hydrogen) atoms. The molecule has 2 aromatic carbocycles. The van der Waals surface area contributed by atoms with Gasteiger partial charge in [0.2, 0.25) is 0 Å². The molecule has 1 fully saturated rings. The van der Waals surface area contributed by atoms with Gasteiger partial charge in [0.05, 0.1) is 0 Å². The van der Waals surface area contributed by atoms with Crippen LogP contribution in [0.4, 0.5) is 0 Å². The molecule has 0 radical (unpaired) electrons. The Morgan fingerprint density at radius 1 is 0.800 bits per heavy atom. The molecule has 0 amide bonds. The van der Waals surface area contributed by atoms with E-state index in [1.165, 1.54) is 24.8 Å². The standard InChI is InChI=1S/C17H17BO2/c1-2-7-13(8-3-1)14-9-6-10-15(14)18-19-16-11-4-5-12-17(16)20-18/h1-5,7-8,11-12,14-15H,6,9-10H2/t14-,15+/m0/s1. The summed E-state index contributed by atoms with van der Waals surface area (Å²) < 4.78 is 12.0. The summed E-state index contributed by atoms with van der Waals surface area (Å²) in [5.41, 5.74) is 1.41. The predicted molar refractivity (Wildman–Crippen MR) is 80.2 cm³/mol. The lowest BCUT2D eigenvalue weighted by Crippen LogP contribution is -2.32. The summed E-state index contributed by atoms with van der Waals surface area (Å²) in [6, 6.07) is 18.7. The molecule has 2 aliphatic rings. The van der Waals surface area contributed by atoms with E-state index in [1.807, 2.05) is 24.3 Å². The Hall–Kier alpha value is -1.90. The highest BCUT2D eigenvalue weighted by Crippen LogP contribution is 2.48.